The largest absolute Gasteiger partial charge is 0.417 e. The molecule has 5 nitrogen and oxygen atoms in total. The van der Waals surface area contributed by atoms with Crippen LogP contribution < -0.4 is 11.1 Å². The van der Waals surface area contributed by atoms with E-state index in [9.17, 15) is 14.0 Å². The van der Waals surface area contributed by atoms with Crippen LogP contribution in [0, 0.1) is 5.82 Å². The van der Waals surface area contributed by atoms with Crippen molar-refractivity contribution in [2.75, 3.05) is 11.2 Å². The molecule has 1 heterocycles. The molecule has 2 aromatic rings. The Kier molecular flexibility index (Phi) is 2.66. The van der Waals surface area contributed by atoms with E-state index >= 15 is 0 Å². The summed E-state index contributed by atoms with van der Waals surface area (Å²) in [5, 5.41) is 2.24. The number of alkyl halides is 1. The number of carbonyl (C=O) groups excluding carboxylic acids is 1. The number of fused-ring (bicyclic) bond motifs is 1. The van der Waals surface area contributed by atoms with E-state index in [0.717, 1.165) is 6.07 Å². The molecule has 0 spiro atoms. The highest BCUT2D eigenvalue weighted by atomic mass is 35.5. The standard InChI is InChI=1S/C9H6ClFN2O3/c10-3-8(14)12-5-2-7-6(1-4(5)11)13-9(15)16-7/h1-2H,3H2,(H,12,14)(H,13,15). The van der Waals surface area contributed by atoms with Crippen LogP contribution in [-0.4, -0.2) is 16.8 Å². The van der Waals surface area contributed by atoms with Gasteiger partial charge in [0.25, 0.3) is 0 Å². The van der Waals surface area contributed by atoms with E-state index in [1.807, 2.05) is 0 Å². The summed E-state index contributed by atoms with van der Waals surface area (Å²) in [5.41, 5.74) is 0.309. The fourth-order valence-electron chi connectivity index (χ4n) is 1.25. The highest BCUT2D eigenvalue weighted by Gasteiger charge is 2.10. The molecule has 0 aliphatic carbocycles. The fourth-order valence-corrected chi connectivity index (χ4v) is 1.32. The van der Waals surface area contributed by atoms with E-state index in [4.69, 9.17) is 16.0 Å². The third-order valence-electron chi connectivity index (χ3n) is 1.90. The van der Waals surface area contributed by atoms with Crippen molar-refractivity contribution in [1.29, 1.82) is 0 Å². The van der Waals surface area contributed by atoms with Gasteiger partial charge in [-0.1, -0.05) is 0 Å². The number of hydrogen-bond acceptors (Lipinski definition) is 3. The second-order valence-corrected chi connectivity index (χ2v) is 3.29. The Hall–Kier alpha value is -1.82. The van der Waals surface area contributed by atoms with Crippen molar-refractivity contribution >= 4 is 34.3 Å². The van der Waals surface area contributed by atoms with E-state index in [0.29, 0.717) is 0 Å². The van der Waals surface area contributed by atoms with Crippen LogP contribution >= 0.6 is 11.6 Å². The van der Waals surface area contributed by atoms with Gasteiger partial charge >= 0.3 is 5.76 Å². The quantitative estimate of drug-likeness (QED) is 0.785. The van der Waals surface area contributed by atoms with Crippen molar-refractivity contribution in [1.82, 2.24) is 4.98 Å². The molecule has 2 N–H and O–H groups in total. The zero-order valence-corrected chi connectivity index (χ0v) is 8.60. The number of H-pyrrole nitrogens is 1. The Bertz CT molecular complexity index is 604. The lowest BCUT2D eigenvalue weighted by atomic mass is 10.2. The van der Waals surface area contributed by atoms with Gasteiger partial charge in [0.2, 0.25) is 5.91 Å². The maximum Gasteiger partial charge on any atom is 0.417 e. The first-order valence-corrected chi connectivity index (χ1v) is 4.82. The number of aromatic nitrogens is 1. The van der Waals surface area contributed by atoms with Gasteiger partial charge in [-0.05, 0) is 0 Å². The third-order valence-corrected chi connectivity index (χ3v) is 2.15. The lowest BCUT2D eigenvalue weighted by molar-refractivity contribution is -0.113. The summed E-state index contributed by atoms with van der Waals surface area (Å²) in [6.45, 7) is 0. The number of benzene rings is 1. The smallest absolute Gasteiger partial charge is 0.408 e. The molecular formula is C9H6ClFN2O3. The minimum atomic E-state index is -0.685. The molecule has 1 aromatic carbocycles. The van der Waals surface area contributed by atoms with Crippen LogP contribution in [-0.2, 0) is 4.79 Å². The van der Waals surface area contributed by atoms with Crippen LogP contribution in [0.15, 0.2) is 21.3 Å². The molecule has 0 unspecified atom stereocenters. The van der Waals surface area contributed by atoms with E-state index < -0.39 is 17.5 Å². The van der Waals surface area contributed by atoms with Crippen molar-refractivity contribution in [2.45, 2.75) is 0 Å². The molecule has 0 saturated carbocycles. The molecule has 0 saturated heterocycles. The van der Waals surface area contributed by atoms with Gasteiger partial charge < -0.3 is 9.73 Å². The topological polar surface area (TPSA) is 75.1 Å². The Labute approximate surface area is 93.2 Å². The van der Waals surface area contributed by atoms with Crippen LogP contribution in [0.1, 0.15) is 0 Å². The summed E-state index contributed by atoms with van der Waals surface area (Å²) in [4.78, 5) is 24.1. The summed E-state index contributed by atoms with van der Waals surface area (Å²) >= 11 is 5.26. The molecule has 0 atom stereocenters. The molecule has 0 aliphatic heterocycles. The predicted octanol–water partition coefficient (Wildman–Crippen LogP) is 1.44. The molecule has 16 heavy (non-hydrogen) atoms. The van der Waals surface area contributed by atoms with Crippen molar-refractivity contribution < 1.29 is 13.6 Å². The monoisotopic (exact) mass is 244 g/mol. The molecule has 0 bridgehead atoms. The normalized spacial score (nSPS) is 10.6. The highest BCUT2D eigenvalue weighted by Crippen LogP contribution is 2.20. The summed E-state index contributed by atoms with van der Waals surface area (Å²) in [5.74, 6) is -2.19. The molecule has 0 radical (unpaired) electrons. The number of halogens is 2. The van der Waals surface area contributed by atoms with E-state index in [-0.39, 0.29) is 22.7 Å². The molecule has 1 aromatic heterocycles. The van der Waals surface area contributed by atoms with Crippen LogP contribution in [0.3, 0.4) is 0 Å². The summed E-state index contributed by atoms with van der Waals surface area (Å²) in [7, 11) is 0. The van der Waals surface area contributed by atoms with Gasteiger partial charge in [-0.2, -0.15) is 0 Å². The van der Waals surface area contributed by atoms with E-state index in [1.54, 1.807) is 0 Å². The lowest BCUT2D eigenvalue weighted by Crippen LogP contribution is -2.13. The van der Waals surface area contributed by atoms with Crippen molar-refractivity contribution in [3.8, 4) is 0 Å². The van der Waals surface area contributed by atoms with Gasteiger partial charge in [-0.25, -0.2) is 9.18 Å². The van der Waals surface area contributed by atoms with Gasteiger partial charge in [0.05, 0.1) is 11.2 Å². The first-order valence-electron chi connectivity index (χ1n) is 4.28. The van der Waals surface area contributed by atoms with Crippen molar-refractivity contribution in [3.63, 3.8) is 0 Å². The fraction of sp³-hybridized carbons (Fsp3) is 0.111. The van der Waals surface area contributed by atoms with Gasteiger partial charge in [-0.3, -0.25) is 9.78 Å². The minimum Gasteiger partial charge on any atom is -0.408 e. The number of anilines is 1. The minimum absolute atomic E-state index is 0.0825. The number of amides is 1. The summed E-state index contributed by atoms with van der Waals surface area (Å²) < 4.78 is 18.1. The van der Waals surface area contributed by atoms with Crippen LogP contribution in [0.4, 0.5) is 10.1 Å². The molecule has 0 aliphatic rings. The van der Waals surface area contributed by atoms with Crippen LogP contribution in [0.5, 0.6) is 0 Å². The second-order valence-electron chi connectivity index (χ2n) is 3.02. The Morgan fingerprint density at radius 3 is 3.00 bits per heavy atom. The van der Waals surface area contributed by atoms with Gasteiger partial charge in [0, 0.05) is 12.1 Å². The first-order chi connectivity index (χ1) is 7.60. The maximum absolute atomic E-state index is 13.4. The predicted molar refractivity (Wildman–Crippen MR) is 56.1 cm³/mol. The summed E-state index contributed by atoms with van der Waals surface area (Å²) in [6, 6.07) is 2.27. The molecule has 7 heteroatoms. The summed E-state index contributed by atoms with van der Waals surface area (Å²) in [6.07, 6.45) is 0. The number of carbonyl (C=O) groups is 1. The molecule has 0 fully saturated rings. The van der Waals surface area contributed by atoms with Crippen LogP contribution in [0.25, 0.3) is 11.1 Å². The average molecular weight is 245 g/mol. The number of nitrogens with one attached hydrogen (secondary N) is 2. The van der Waals surface area contributed by atoms with Crippen molar-refractivity contribution in [3.05, 3.63) is 28.5 Å². The van der Waals surface area contributed by atoms with Gasteiger partial charge in [0.1, 0.15) is 11.7 Å². The second kappa shape index (κ2) is 3.97. The average Bonchev–Trinajstić information content (AvgIpc) is 2.58. The molecule has 1 amide bonds. The highest BCUT2D eigenvalue weighted by molar-refractivity contribution is 6.29. The van der Waals surface area contributed by atoms with Gasteiger partial charge in [-0.15, -0.1) is 11.6 Å². The zero-order chi connectivity index (χ0) is 11.7. The molecule has 2 rings (SSSR count). The number of aromatic amines is 1. The van der Waals surface area contributed by atoms with Crippen molar-refractivity contribution in [2.24, 2.45) is 0 Å². The molecule has 84 valence electrons. The third kappa shape index (κ3) is 1.92. The maximum atomic E-state index is 13.4. The lowest BCUT2D eigenvalue weighted by Gasteiger charge is -2.03. The van der Waals surface area contributed by atoms with E-state index in [1.165, 1.54) is 6.07 Å². The molecular weight excluding hydrogens is 239 g/mol. The van der Waals surface area contributed by atoms with E-state index in [2.05, 4.69) is 10.3 Å². The Morgan fingerprint density at radius 1 is 1.56 bits per heavy atom. The number of oxazole rings is 1. The first kappa shape index (κ1) is 10.7. The van der Waals surface area contributed by atoms with Crippen LogP contribution in [0.2, 0.25) is 0 Å². The van der Waals surface area contributed by atoms with Gasteiger partial charge in [0.15, 0.2) is 5.58 Å². The number of rotatable bonds is 2. The SMILES string of the molecule is O=C(CCl)Nc1cc2oc(=O)[nH]c2cc1F. The number of hydrogen-bond donors (Lipinski definition) is 2. The Balaban J connectivity index is 2.49. The Morgan fingerprint density at radius 2 is 2.31 bits per heavy atom. The zero-order valence-electron chi connectivity index (χ0n) is 7.84.